The third-order valence-corrected chi connectivity index (χ3v) is 6.62. The highest BCUT2D eigenvalue weighted by molar-refractivity contribution is 5.76. The minimum absolute atomic E-state index is 0.187. The molecule has 32 heavy (non-hydrogen) atoms. The van der Waals surface area contributed by atoms with E-state index in [2.05, 4.69) is 14.8 Å². The molecule has 0 aliphatic carbocycles. The molecule has 0 spiro atoms. The van der Waals surface area contributed by atoms with E-state index in [1.165, 1.54) is 6.07 Å². The van der Waals surface area contributed by atoms with Gasteiger partial charge >= 0.3 is 0 Å². The second kappa shape index (κ2) is 10.8. The molecule has 0 saturated carbocycles. The van der Waals surface area contributed by atoms with Gasteiger partial charge in [-0.05, 0) is 62.1 Å². The molecule has 2 aliphatic rings. The number of piperazine rings is 1. The van der Waals surface area contributed by atoms with Crippen LogP contribution in [0.5, 0.6) is 5.75 Å². The minimum Gasteiger partial charge on any atom is -0.497 e. The van der Waals surface area contributed by atoms with E-state index < -0.39 is 0 Å². The molecule has 172 valence electrons. The summed E-state index contributed by atoms with van der Waals surface area (Å²) < 4.78 is 19.5. The normalized spacial score (nSPS) is 19.8. The molecule has 1 atom stereocenters. The molecule has 2 saturated heterocycles. The zero-order chi connectivity index (χ0) is 22.3. The summed E-state index contributed by atoms with van der Waals surface area (Å²) in [4.78, 5) is 23.7. The van der Waals surface area contributed by atoms with Crippen molar-refractivity contribution >= 4 is 11.7 Å². The van der Waals surface area contributed by atoms with E-state index in [4.69, 9.17) is 4.74 Å². The summed E-state index contributed by atoms with van der Waals surface area (Å²) in [5.41, 5.74) is 0.673. The second-order valence-corrected chi connectivity index (χ2v) is 8.80. The molecule has 0 radical (unpaired) electrons. The molecule has 2 aliphatic heterocycles. The number of halogens is 1. The molecular weight excluding hydrogens is 407 g/mol. The summed E-state index contributed by atoms with van der Waals surface area (Å²) in [7, 11) is 1.60. The maximum absolute atomic E-state index is 14.2. The zero-order valence-corrected chi connectivity index (χ0v) is 18.9. The fourth-order valence-corrected chi connectivity index (χ4v) is 4.78. The van der Waals surface area contributed by atoms with Gasteiger partial charge < -0.3 is 14.5 Å². The number of hydrogen-bond donors (Lipinski definition) is 0. The SMILES string of the molecule is COc1ccc(F)c(CN2CCC[C@H](CCC(=O)N3CCN(c4ccccn4)CC3)C2)c1. The number of rotatable bonds is 7. The molecule has 0 unspecified atom stereocenters. The van der Waals surface area contributed by atoms with Crippen molar-refractivity contribution in [3.05, 3.63) is 54.0 Å². The van der Waals surface area contributed by atoms with Gasteiger partial charge in [0.05, 0.1) is 7.11 Å². The lowest BCUT2D eigenvalue weighted by atomic mass is 9.92. The molecule has 7 heteroatoms. The lowest BCUT2D eigenvalue weighted by Gasteiger charge is -2.36. The second-order valence-electron chi connectivity index (χ2n) is 8.80. The quantitative estimate of drug-likeness (QED) is 0.659. The first kappa shape index (κ1) is 22.5. The van der Waals surface area contributed by atoms with E-state index in [1.54, 1.807) is 19.2 Å². The Morgan fingerprint density at radius 3 is 2.75 bits per heavy atom. The number of anilines is 1. The first-order chi connectivity index (χ1) is 15.6. The number of nitrogens with zero attached hydrogens (tertiary/aromatic N) is 4. The maximum Gasteiger partial charge on any atom is 0.222 e. The summed E-state index contributed by atoms with van der Waals surface area (Å²) in [5, 5.41) is 0. The first-order valence-electron chi connectivity index (χ1n) is 11.6. The van der Waals surface area contributed by atoms with Gasteiger partial charge in [0.1, 0.15) is 17.4 Å². The predicted octanol–water partition coefficient (Wildman–Crippen LogP) is 3.57. The van der Waals surface area contributed by atoms with E-state index in [-0.39, 0.29) is 11.7 Å². The van der Waals surface area contributed by atoms with E-state index in [0.717, 1.165) is 64.3 Å². The van der Waals surface area contributed by atoms with Crippen molar-refractivity contribution in [3.63, 3.8) is 0 Å². The lowest BCUT2D eigenvalue weighted by molar-refractivity contribution is -0.131. The fourth-order valence-electron chi connectivity index (χ4n) is 4.78. The number of likely N-dealkylation sites (tertiary alicyclic amines) is 1. The van der Waals surface area contributed by atoms with Gasteiger partial charge in [0.2, 0.25) is 5.91 Å². The number of benzene rings is 1. The topological polar surface area (TPSA) is 48.9 Å². The van der Waals surface area contributed by atoms with Crippen molar-refractivity contribution in [2.24, 2.45) is 5.92 Å². The fraction of sp³-hybridized carbons (Fsp3) is 0.520. The summed E-state index contributed by atoms with van der Waals surface area (Å²) >= 11 is 0. The number of amides is 1. The van der Waals surface area contributed by atoms with Crippen molar-refractivity contribution in [3.8, 4) is 5.75 Å². The molecule has 1 aromatic carbocycles. The van der Waals surface area contributed by atoms with Gasteiger partial charge in [0, 0.05) is 57.4 Å². The van der Waals surface area contributed by atoms with Crippen LogP contribution >= 0.6 is 0 Å². The predicted molar refractivity (Wildman–Crippen MR) is 123 cm³/mol. The Balaban J connectivity index is 1.22. The van der Waals surface area contributed by atoms with Crippen LogP contribution in [0.3, 0.4) is 0 Å². The van der Waals surface area contributed by atoms with Crippen LogP contribution in [0.25, 0.3) is 0 Å². The Labute approximate surface area is 190 Å². The van der Waals surface area contributed by atoms with Crippen LogP contribution < -0.4 is 9.64 Å². The first-order valence-corrected chi connectivity index (χ1v) is 11.6. The van der Waals surface area contributed by atoms with Crippen molar-refractivity contribution in [2.45, 2.75) is 32.2 Å². The Bertz CT molecular complexity index is 887. The highest BCUT2D eigenvalue weighted by Crippen LogP contribution is 2.25. The molecule has 2 fully saturated rings. The van der Waals surface area contributed by atoms with E-state index >= 15 is 0 Å². The van der Waals surface area contributed by atoms with E-state index in [1.807, 2.05) is 29.3 Å². The van der Waals surface area contributed by atoms with Crippen LogP contribution in [-0.4, -0.2) is 67.1 Å². The van der Waals surface area contributed by atoms with Crippen molar-refractivity contribution in [1.29, 1.82) is 0 Å². The maximum atomic E-state index is 14.2. The highest BCUT2D eigenvalue weighted by atomic mass is 19.1. The average molecular weight is 441 g/mol. The Hall–Kier alpha value is -2.67. The largest absolute Gasteiger partial charge is 0.497 e. The Kier molecular flexibility index (Phi) is 7.58. The van der Waals surface area contributed by atoms with Gasteiger partial charge in [-0.2, -0.15) is 0 Å². The molecular formula is C25H33FN4O2. The minimum atomic E-state index is -0.187. The third kappa shape index (κ3) is 5.76. The third-order valence-electron chi connectivity index (χ3n) is 6.62. The van der Waals surface area contributed by atoms with E-state index in [0.29, 0.717) is 30.2 Å². The number of methoxy groups -OCH3 is 1. The number of piperidine rings is 1. The Morgan fingerprint density at radius 1 is 1.16 bits per heavy atom. The highest BCUT2D eigenvalue weighted by Gasteiger charge is 2.25. The molecule has 6 nitrogen and oxygen atoms in total. The van der Waals surface area contributed by atoms with E-state index in [9.17, 15) is 9.18 Å². The molecule has 1 aromatic heterocycles. The van der Waals surface area contributed by atoms with Gasteiger partial charge in [-0.1, -0.05) is 6.07 Å². The van der Waals surface area contributed by atoms with Gasteiger partial charge in [-0.3, -0.25) is 9.69 Å². The molecule has 3 heterocycles. The molecule has 4 rings (SSSR count). The van der Waals surface area contributed by atoms with Crippen LogP contribution in [0.4, 0.5) is 10.2 Å². The standard InChI is InChI=1S/C25H33FN4O2/c1-32-22-8-9-23(26)21(17-22)19-28-12-4-5-20(18-28)7-10-25(31)30-15-13-29(14-16-30)24-6-2-3-11-27-24/h2-3,6,8-9,11,17,20H,4-5,7,10,12-16,18-19H2,1H3/t20-/m1/s1. The number of hydrogen-bond acceptors (Lipinski definition) is 5. The lowest BCUT2D eigenvalue weighted by Crippen LogP contribution is -2.49. The van der Waals surface area contributed by atoms with Crippen LogP contribution in [0.15, 0.2) is 42.6 Å². The number of aromatic nitrogens is 1. The van der Waals surface area contributed by atoms with Crippen LogP contribution in [0.2, 0.25) is 0 Å². The summed E-state index contributed by atoms with van der Waals surface area (Å²) in [5.74, 6) is 2.21. The van der Waals surface area contributed by atoms with Gasteiger partial charge in [0.15, 0.2) is 0 Å². The zero-order valence-electron chi connectivity index (χ0n) is 18.9. The number of carbonyl (C=O) groups is 1. The van der Waals surface area contributed by atoms with Crippen LogP contribution in [0, 0.1) is 11.7 Å². The van der Waals surface area contributed by atoms with Gasteiger partial charge in [-0.15, -0.1) is 0 Å². The van der Waals surface area contributed by atoms with Crippen LogP contribution in [0.1, 0.15) is 31.2 Å². The molecule has 2 aromatic rings. The van der Waals surface area contributed by atoms with Crippen molar-refractivity contribution < 1.29 is 13.9 Å². The number of ether oxygens (including phenoxy) is 1. The average Bonchev–Trinajstić information content (AvgIpc) is 2.85. The van der Waals surface area contributed by atoms with Gasteiger partial charge in [-0.25, -0.2) is 9.37 Å². The molecule has 0 N–H and O–H groups in total. The molecule has 1 amide bonds. The smallest absolute Gasteiger partial charge is 0.222 e. The van der Waals surface area contributed by atoms with Crippen LogP contribution in [-0.2, 0) is 11.3 Å². The van der Waals surface area contributed by atoms with Gasteiger partial charge in [0.25, 0.3) is 0 Å². The molecule has 0 bridgehead atoms. The summed E-state index contributed by atoms with van der Waals surface area (Å²) in [6.45, 7) is 5.62. The number of pyridine rings is 1. The summed E-state index contributed by atoms with van der Waals surface area (Å²) in [6.07, 6.45) is 5.53. The Morgan fingerprint density at radius 2 is 2.00 bits per heavy atom. The van der Waals surface area contributed by atoms with Crippen molar-refractivity contribution in [1.82, 2.24) is 14.8 Å². The number of carbonyl (C=O) groups excluding carboxylic acids is 1. The van der Waals surface area contributed by atoms with Crippen molar-refractivity contribution in [2.75, 3.05) is 51.3 Å². The summed E-state index contributed by atoms with van der Waals surface area (Å²) in [6, 6.07) is 10.8. The monoisotopic (exact) mass is 440 g/mol.